The maximum Gasteiger partial charge on any atom is 0.246 e. The Kier molecular flexibility index (Phi) is 3.98. The number of carbonyl (C=O) groups is 1. The molecular weight excluding hydrogens is 247 g/mol. The van der Waals surface area contributed by atoms with Crippen LogP contribution in [0.25, 0.3) is 0 Å². The number of allylic oxidation sites excluding steroid dienone is 1. The van der Waals surface area contributed by atoms with Gasteiger partial charge >= 0.3 is 0 Å². The highest BCUT2D eigenvalue weighted by Gasteiger charge is 1.86. The van der Waals surface area contributed by atoms with E-state index in [1.807, 2.05) is 0 Å². The fraction of sp³-hybridized carbons (Fsp3) is 0. The van der Waals surface area contributed by atoms with Crippen molar-refractivity contribution < 1.29 is 4.79 Å². The van der Waals surface area contributed by atoms with Gasteiger partial charge in [-0.1, -0.05) is 0 Å². The first-order chi connectivity index (χ1) is 3.13. The first kappa shape index (κ1) is 7.66. The summed E-state index contributed by atoms with van der Waals surface area (Å²) in [7, 11) is 0. The van der Waals surface area contributed by atoms with Crippen LogP contribution in [0.4, 0.5) is 0 Å². The van der Waals surface area contributed by atoms with Crippen LogP contribution in [-0.2, 0) is 4.79 Å². The Bertz CT molecular complexity index is 106. The number of hydrogen-bond donors (Lipinski definition) is 0. The van der Waals surface area contributed by atoms with Gasteiger partial charge in [-0.15, -0.1) is 0 Å². The van der Waals surface area contributed by atoms with Crippen molar-refractivity contribution in [3.8, 4) is 0 Å². The summed E-state index contributed by atoms with van der Waals surface area (Å²) in [6.45, 7) is 0. The molecule has 0 N–H and O–H groups in total. The molecule has 0 aliphatic carbocycles. The number of rotatable bonds is 1. The van der Waals surface area contributed by atoms with E-state index < -0.39 is 5.24 Å². The van der Waals surface area contributed by atoms with Crippen LogP contribution in [0.3, 0.4) is 0 Å². The van der Waals surface area contributed by atoms with Gasteiger partial charge in [0.05, 0.1) is 3.39 Å². The third kappa shape index (κ3) is 6.66. The summed E-state index contributed by atoms with van der Waals surface area (Å²) in [6, 6.07) is 0. The third-order valence-electron chi connectivity index (χ3n) is 0.223. The molecule has 0 aromatic rings. The molecule has 0 aliphatic heterocycles. The van der Waals surface area contributed by atoms with Crippen molar-refractivity contribution in [3.63, 3.8) is 0 Å². The zero-order valence-corrected chi connectivity index (χ0v) is 7.05. The maximum atomic E-state index is 9.88. The largest absolute Gasteiger partial charge is 0.276 e. The van der Waals surface area contributed by atoms with Gasteiger partial charge in [0.1, 0.15) is 0 Å². The highest BCUT2D eigenvalue weighted by atomic mass is 79.9. The third-order valence-corrected chi connectivity index (χ3v) is 0.790. The van der Waals surface area contributed by atoms with Gasteiger partial charge in [-0.05, 0) is 43.5 Å². The lowest BCUT2D eigenvalue weighted by atomic mass is 10.7. The van der Waals surface area contributed by atoms with Gasteiger partial charge < -0.3 is 0 Å². The van der Waals surface area contributed by atoms with Crippen LogP contribution in [0.2, 0.25) is 0 Å². The average molecular weight is 248 g/mol. The molecule has 40 valence electrons. The first-order valence-electron chi connectivity index (χ1n) is 1.35. The minimum absolute atomic E-state index is 0.497. The second-order valence-corrected chi connectivity index (χ2v) is 3.88. The van der Waals surface area contributed by atoms with Crippen molar-refractivity contribution in [2.45, 2.75) is 0 Å². The SMILES string of the molecule is O=C(Cl)C=C(Br)Br. The summed E-state index contributed by atoms with van der Waals surface area (Å²) < 4.78 is 0.556. The summed E-state index contributed by atoms with van der Waals surface area (Å²) in [6.07, 6.45) is 1.21. The lowest BCUT2D eigenvalue weighted by Crippen LogP contribution is -1.72. The van der Waals surface area contributed by atoms with E-state index in [4.69, 9.17) is 11.6 Å². The standard InChI is InChI=1S/C3HBr2ClO/c4-2(5)1-3(6)7/h1H. The van der Waals surface area contributed by atoms with Crippen molar-refractivity contribution in [1.29, 1.82) is 0 Å². The first-order valence-corrected chi connectivity index (χ1v) is 3.31. The predicted molar refractivity (Wildman–Crippen MR) is 36.8 cm³/mol. The van der Waals surface area contributed by atoms with Crippen LogP contribution in [0.1, 0.15) is 0 Å². The Balaban J connectivity index is 3.68. The molecule has 0 heterocycles. The number of carbonyl (C=O) groups excluding carboxylic acids is 1. The second-order valence-electron chi connectivity index (χ2n) is 0.738. The molecule has 1 nitrogen and oxygen atoms in total. The summed E-state index contributed by atoms with van der Waals surface area (Å²) in [4.78, 5) is 9.88. The van der Waals surface area contributed by atoms with Gasteiger partial charge in [0, 0.05) is 6.08 Å². The Morgan fingerprint density at radius 1 is 1.57 bits per heavy atom. The van der Waals surface area contributed by atoms with Crippen LogP contribution in [0.5, 0.6) is 0 Å². The molecule has 0 aliphatic rings. The molecule has 4 heteroatoms. The Hall–Kier alpha value is 0.660. The van der Waals surface area contributed by atoms with Crippen molar-refractivity contribution in [3.05, 3.63) is 9.47 Å². The molecule has 0 amide bonds. The molecular formula is C3HBr2ClO. The van der Waals surface area contributed by atoms with Crippen molar-refractivity contribution in [2.24, 2.45) is 0 Å². The quantitative estimate of drug-likeness (QED) is 0.514. The number of halogens is 3. The summed E-state index contributed by atoms with van der Waals surface area (Å²) >= 11 is 10.8. The lowest BCUT2D eigenvalue weighted by Gasteiger charge is -1.74. The second kappa shape index (κ2) is 3.64. The molecule has 0 bridgehead atoms. The van der Waals surface area contributed by atoms with E-state index in [2.05, 4.69) is 31.9 Å². The molecule has 0 unspecified atom stereocenters. The van der Waals surface area contributed by atoms with Crippen LogP contribution in [-0.4, -0.2) is 5.24 Å². The minimum Gasteiger partial charge on any atom is -0.276 e. The molecule has 7 heavy (non-hydrogen) atoms. The van der Waals surface area contributed by atoms with Gasteiger partial charge in [0.2, 0.25) is 5.24 Å². The van der Waals surface area contributed by atoms with Gasteiger partial charge in [-0.2, -0.15) is 0 Å². The summed E-state index contributed by atoms with van der Waals surface area (Å²) in [5, 5.41) is -0.497. The average Bonchev–Trinajstić information content (AvgIpc) is 1.27. The lowest BCUT2D eigenvalue weighted by molar-refractivity contribution is -0.107. The van der Waals surface area contributed by atoms with Gasteiger partial charge in [0.25, 0.3) is 0 Å². The highest BCUT2D eigenvalue weighted by molar-refractivity contribution is 9.28. The van der Waals surface area contributed by atoms with E-state index >= 15 is 0 Å². The fourth-order valence-electron chi connectivity index (χ4n) is 0.0858. The minimum atomic E-state index is -0.497. The normalized spacial score (nSPS) is 7.86. The van der Waals surface area contributed by atoms with Crippen LogP contribution in [0.15, 0.2) is 9.47 Å². The van der Waals surface area contributed by atoms with Crippen LogP contribution in [0, 0.1) is 0 Å². The molecule has 0 rings (SSSR count). The maximum absolute atomic E-state index is 9.88. The van der Waals surface area contributed by atoms with Gasteiger partial charge in [-0.25, -0.2) is 0 Å². The van der Waals surface area contributed by atoms with Crippen LogP contribution >= 0.6 is 43.5 Å². The fourth-order valence-corrected chi connectivity index (χ4v) is 0.874. The van der Waals surface area contributed by atoms with E-state index in [0.717, 1.165) is 0 Å². The summed E-state index contributed by atoms with van der Waals surface area (Å²) in [5.41, 5.74) is 0. The zero-order valence-electron chi connectivity index (χ0n) is 3.12. The van der Waals surface area contributed by atoms with Crippen molar-refractivity contribution in [2.75, 3.05) is 0 Å². The van der Waals surface area contributed by atoms with E-state index in [-0.39, 0.29) is 0 Å². The molecule has 0 saturated carbocycles. The van der Waals surface area contributed by atoms with E-state index in [0.29, 0.717) is 3.39 Å². The van der Waals surface area contributed by atoms with Gasteiger partial charge in [0.15, 0.2) is 0 Å². The zero-order chi connectivity index (χ0) is 5.86. The van der Waals surface area contributed by atoms with Crippen molar-refractivity contribution in [1.82, 2.24) is 0 Å². The Labute approximate surface area is 63.0 Å². The van der Waals surface area contributed by atoms with E-state index in [9.17, 15) is 4.79 Å². The Morgan fingerprint density at radius 2 is 2.00 bits per heavy atom. The van der Waals surface area contributed by atoms with E-state index in [1.165, 1.54) is 6.08 Å². The molecule has 0 radical (unpaired) electrons. The Morgan fingerprint density at radius 3 is 2.00 bits per heavy atom. The van der Waals surface area contributed by atoms with Gasteiger partial charge in [-0.3, -0.25) is 4.79 Å². The molecule has 0 fully saturated rings. The smallest absolute Gasteiger partial charge is 0.246 e. The molecule has 0 saturated heterocycles. The molecule has 0 aromatic carbocycles. The topological polar surface area (TPSA) is 17.1 Å². The molecule has 0 spiro atoms. The van der Waals surface area contributed by atoms with Crippen molar-refractivity contribution >= 4 is 48.7 Å². The summed E-state index contributed by atoms with van der Waals surface area (Å²) in [5.74, 6) is 0. The molecule has 0 atom stereocenters. The monoisotopic (exact) mass is 246 g/mol. The predicted octanol–water partition coefficient (Wildman–Crippen LogP) is 2.38. The number of hydrogen-bond acceptors (Lipinski definition) is 1. The molecule has 0 aromatic heterocycles. The highest BCUT2D eigenvalue weighted by Crippen LogP contribution is 2.12. The van der Waals surface area contributed by atoms with E-state index in [1.54, 1.807) is 0 Å². The van der Waals surface area contributed by atoms with Crippen LogP contribution < -0.4 is 0 Å².